The van der Waals surface area contributed by atoms with Crippen LogP contribution in [0.3, 0.4) is 0 Å². The van der Waals surface area contributed by atoms with Crippen molar-refractivity contribution in [2.45, 2.75) is 33.9 Å². The summed E-state index contributed by atoms with van der Waals surface area (Å²) in [4.78, 5) is 16.0. The van der Waals surface area contributed by atoms with Crippen LogP contribution in [0.5, 0.6) is 0 Å². The lowest BCUT2D eigenvalue weighted by Gasteiger charge is -2.09. The molecule has 3 rings (SSSR count). The van der Waals surface area contributed by atoms with Gasteiger partial charge in [-0.05, 0) is 20.8 Å². The number of imidazole rings is 1. The Morgan fingerprint density at radius 1 is 1.29 bits per heavy atom. The van der Waals surface area contributed by atoms with Crippen molar-refractivity contribution in [3.05, 3.63) is 39.0 Å². The third kappa shape index (κ3) is 4.67. The fourth-order valence-corrected chi connectivity index (χ4v) is 3.72. The number of aryl methyl sites for hydroxylation is 2. The van der Waals surface area contributed by atoms with Crippen LogP contribution in [0.4, 0.5) is 0 Å². The van der Waals surface area contributed by atoms with Crippen LogP contribution in [0.1, 0.15) is 28.2 Å². The van der Waals surface area contributed by atoms with E-state index < -0.39 is 0 Å². The van der Waals surface area contributed by atoms with Crippen molar-refractivity contribution in [3.63, 3.8) is 0 Å². The lowest BCUT2D eigenvalue weighted by molar-refractivity contribution is 0.807. The van der Waals surface area contributed by atoms with E-state index >= 15 is 0 Å². The number of guanidine groups is 1. The molecular weight excluding hydrogens is 455 g/mol. The molecule has 0 aliphatic heterocycles. The van der Waals surface area contributed by atoms with E-state index in [2.05, 4.69) is 39.4 Å². The van der Waals surface area contributed by atoms with E-state index in [1.807, 2.05) is 29.1 Å². The third-order valence-corrected chi connectivity index (χ3v) is 5.21. The van der Waals surface area contributed by atoms with Gasteiger partial charge in [0.15, 0.2) is 10.9 Å². The Balaban J connectivity index is 0.00000208. The first-order valence-electron chi connectivity index (χ1n) is 7.52. The molecule has 0 unspecified atom stereocenters. The van der Waals surface area contributed by atoms with E-state index in [0.29, 0.717) is 13.1 Å². The predicted molar refractivity (Wildman–Crippen MR) is 112 cm³/mol. The van der Waals surface area contributed by atoms with Gasteiger partial charge < -0.3 is 10.6 Å². The number of thiazole rings is 2. The molecule has 0 fully saturated rings. The van der Waals surface area contributed by atoms with E-state index in [1.165, 1.54) is 4.88 Å². The van der Waals surface area contributed by atoms with Gasteiger partial charge in [0, 0.05) is 29.2 Å². The summed E-state index contributed by atoms with van der Waals surface area (Å²) in [6.07, 6.45) is 4.03. The molecule has 3 heterocycles. The van der Waals surface area contributed by atoms with Gasteiger partial charge in [-0.2, -0.15) is 0 Å². The highest BCUT2D eigenvalue weighted by atomic mass is 127. The summed E-state index contributed by atoms with van der Waals surface area (Å²) in [6.45, 7) is 8.25. The molecule has 0 saturated heterocycles. The minimum Gasteiger partial charge on any atom is -0.357 e. The van der Waals surface area contributed by atoms with Crippen LogP contribution in [0.2, 0.25) is 0 Å². The molecule has 9 heteroatoms. The molecule has 0 amide bonds. The van der Waals surface area contributed by atoms with Gasteiger partial charge in [0.05, 0.1) is 24.5 Å². The van der Waals surface area contributed by atoms with Gasteiger partial charge in [-0.15, -0.1) is 46.7 Å². The van der Waals surface area contributed by atoms with Crippen LogP contribution >= 0.6 is 46.7 Å². The van der Waals surface area contributed by atoms with E-state index in [-0.39, 0.29) is 24.0 Å². The van der Waals surface area contributed by atoms with Gasteiger partial charge >= 0.3 is 0 Å². The zero-order valence-electron chi connectivity index (χ0n) is 13.9. The number of aromatic nitrogens is 3. The highest BCUT2D eigenvalue weighted by molar-refractivity contribution is 14.0. The van der Waals surface area contributed by atoms with Crippen molar-refractivity contribution in [1.82, 2.24) is 25.0 Å². The minimum atomic E-state index is 0. The van der Waals surface area contributed by atoms with Gasteiger partial charge in [-0.1, -0.05) is 0 Å². The molecule has 0 aliphatic rings. The van der Waals surface area contributed by atoms with Gasteiger partial charge in [-0.3, -0.25) is 4.40 Å². The van der Waals surface area contributed by atoms with Crippen LogP contribution in [-0.2, 0) is 13.1 Å². The van der Waals surface area contributed by atoms with E-state index in [4.69, 9.17) is 0 Å². The predicted octanol–water partition coefficient (Wildman–Crippen LogP) is 3.34. The molecule has 130 valence electrons. The largest absolute Gasteiger partial charge is 0.357 e. The van der Waals surface area contributed by atoms with Crippen molar-refractivity contribution in [2.24, 2.45) is 4.99 Å². The Hall–Kier alpha value is -1.20. The highest BCUT2D eigenvalue weighted by Crippen LogP contribution is 2.16. The molecule has 0 radical (unpaired) electrons. The van der Waals surface area contributed by atoms with E-state index in [9.17, 15) is 0 Å². The second kappa shape index (κ2) is 8.77. The fraction of sp³-hybridized carbons (Fsp3) is 0.400. The van der Waals surface area contributed by atoms with E-state index in [0.717, 1.165) is 33.9 Å². The first kappa shape index (κ1) is 19.1. The zero-order chi connectivity index (χ0) is 16.2. The summed E-state index contributed by atoms with van der Waals surface area (Å²) in [6, 6.07) is 0. The van der Waals surface area contributed by atoms with E-state index in [1.54, 1.807) is 22.7 Å². The Labute approximate surface area is 166 Å². The molecule has 0 aromatic carbocycles. The van der Waals surface area contributed by atoms with Crippen molar-refractivity contribution >= 4 is 57.6 Å². The molecule has 3 aromatic rings. The molecular formula is C15H21IN6S2. The SMILES string of the molecule is CCNC(=NCc1cn2ccsc2n1)NCc1nc(C)c(C)s1.I. The molecule has 3 aromatic heterocycles. The zero-order valence-corrected chi connectivity index (χ0v) is 17.8. The standard InChI is InChI=1S/C15H20N6S2.HI/c1-4-16-14(18-8-13-19-10(2)11(3)23-13)17-7-12-9-21-5-6-22-15(21)20-12;/h5-6,9H,4,7-8H2,1-3H3,(H2,16,17,18);1H. The summed E-state index contributed by atoms with van der Waals surface area (Å²) in [7, 11) is 0. The number of rotatable bonds is 5. The topological polar surface area (TPSA) is 66.6 Å². The number of nitrogens with one attached hydrogen (secondary N) is 2. The van der Waals surface area contributed by atoms with Crippen LogP contribution in [0.25, 0.3) is 4.96 Å². The van der Waals surface area contributed by atoms with Crippen molar-refractivity contribution in [1.29, 1.82) is 0 Å². The molecule has 0 saturated carbocycles. The Morgan fingerprint density at radius 2 is 2.12 bits per heavy atom. The number of aliphatic imine (C=N–C) groups is 1. The smallest absolute Gasteiger partial charge is 0.193 e. The number of hydrogen-bond donors (Lipinski definition) is 2. The molecule has 0 spiro atoms. The van der Waals surface area contributed by atoms with Crippen molar-refractivity contribution in [3.8, 4) is 0 Å². The summed E-state index contributed by atoms with van der Waals surface area (Å²) >= 11 is 3.35. The Morgan fingerprint density at radius 3 is 2.79 bits per heavy atom. The maximum absolute atomic E-state index is 4.60. The van der Waals surface area contributed by atoms with Crippen LogP contribution in [-0.4, -0.2) is 26.9 Å². The van der Waals surface area contributed by atoms with Gasteiger partial charge in [0.25, 0.3) is 0 Å². The number of fused-ring (bicyclic) bond motifs is 1. The molecule has 6 nitrogen and oxygen atoms in total. The summed E-state index contributed by atoms with van der Waals surface area (Å²) in [5.41, 5.74) is 2.07. The second-order valence-electron chi connectivity index (χ2n) is 5.12. The van der Waals surface area contributed by atoms with Crippen molar-refractivity contribution in [2.75, 3.05) is 6.54 Å². The highest BCUT2D eigenvalue weighted by Gasteiger charge is 2.06. The molecule has 2 N–H and O–H groups in total. The van der Waals surface area contributed by atoms with Crippen LogP contribution in [0.15, 0.2) is 22.8 Å². The molecule has 0 aliphatic carbocycles. The van der Waals surface area contributed by atoms with Gasteiger partial charge in [0.2, 0.25) is 0 Å². The average molecular weight is 476 g/mol. The normalized spacial score (nSPS) is 11.5. The Bertz CT molecular complexity index is 771. The fourth-order valence-electron chi connectivity index (χ4n) is 2.13. The summed E-state index contributed by atoms with van der Waals surface area (Å²) in [5, 5.41) is 9.69. The second-order valence-corrected chi connectivity index (χ2v) is 7.28. The quantitative estimate of drug-likeness (QED) is 0.337. The summed E-state index contributed by atoms with van der Waals surface area (Å²) < 4.78 is 2.02. The minimum absolute atomic E-state index is 0. The maximum atomic E-state index is 4.60. The van der Waals surface area contributed by atoms with Gasteiger partial charge in [-0.25, -0.2) is 15.0 Å². The summed E-state index contributed by atoms with van der Waals surface area (Å²) in [5.74, 6) is 0.786. The van der Waals surface area contributed by atoms with Crippen LogP contribution < -0.4 is 10.6 Å². The van der Waals surface area contributed by atoms with Crippen LogP contribution in [0, 0.1) is 13.8 Å². The molecule has 0 atom stereocenters. The van der Waals surface area contributed by atoms with Crippen molar-refractivity contribution < 1.29 is 0 Å². The lowest BCUT2D eigenvalue weighted by Crippen LogP contribution is -2.36. The number of halogens is 1. The van der Waals surface area contributed by atoms with Gasteiger partial charge in [0.1, 0.15) is 5.01 Å². The third-order valence-electron chi connectivity index (χ3n) is 3.37. The number of nitrogens with zero attached hydrogens (tertiary/aromatic N) is 4. The Kier molecular flexibility index (Phi) is 6.99. The first-order valence-corrected chi connectivity index (χ1v) is 9.21. The maximum Gasteiger partial charge on any atom is 0.193 e. The molecule has 0 bridgehead atoms. The monoisotopic (exact) mass is 476 g/mol. The lowest BCUT2D eigenvalue weighted by atomic mass is 10.4. The number of hydrogen-bond acceptors (Lipinski definition) is 5. The average Bonchev–Trinajstić information content (AvgIpc) is 3.18. The first-order chi connectivity index (χ1) is 11.2. The molecule has 24 heavy (non-hydrogen) atoms.